The zero-order valence-electron chi connectivity index (χ0n) is 27.8. The van der Waals surface area contributed by atoms with Crippen LogP contribution in [0.1, 0.15) is 32.6 Å². The lowest BCUT2D eigenvalue weighted by Gasteiger charge is -2.33. The largest absolute Gasteiger partial charge is 0.416 e. The van der Waals surface area contributed by atoms with Crippen molar-refractivity contribution in [3.05, 3.63) is 111 Å². The predicted octanol–water partition coefficient (Wildman–Crippen LogP) is 7.08. The Morgan fingerprint density at radius 3 is 2.29 bits per heavy atom. The van der Waals surface area contributed by atoms with Gasteiger partial charge in [0.05, 0.1) is 16.8 Å². The summed E-state index contributed by atoms with van der Waals surface area (Å²) in [6.07, 6.45) is -7.81. The fourth-order valence-electron chi connectivity index (χ4n) is 5.95. The summed E-state index contributed by atoms with van der Waals surface area (Å²) >= 11 is 0. The number of carbonyl (C=O) groups is 1. The third-order valence-electron chi connectivity index (χ3n) is 8.86. The number of nitrogens with one attached hydrogen (secondary N) is 2. The molecule has 1 aliphatic rings. The average molecular weight is 710 g/mol. The number of piperazine rings is 1. The van der Waals surface area contributed by atoms with Crippen LogP contribution in [-0.2, 0) is 25.9 Å². The van der Waals surface area contributed by atoms with Crippen LogP contribution in [0.15, 0.2) is 77.7 Å². The number of nitrogens with zero attached hydrogens (tertiary/aromatic N) is 5. The van der Waals surface area contributed by atoms with E-state index in [9.17, 15) is 35.9 Å². The number of alkyl halides is 6. The van der Waals surface area contributed by atoms with E-state index in [1.54, 1.807) is 31.2 Å². The minimum absolute atomic E-state index is 0.0214. The molecule has 0 saturated carbocycles. The lowest BCUT2D eigenvalue weighted by atomic mass is 10.0. The molecule has 15 heteroatoms. The van der Waals surface area contributed by atoms with Gasteiger partial charge in [-0.2, -0.15) is 26.3 Å². The molecule has 1 saturated heterocycles. The van der Waals surface area contributed by atoms with E-state index in [4.69, 9.17) is 0 Å². The molecule has 0 spiro atoms. The minimum atomic E-state index is -4.61. The minimum Gasteiger partial charge on any atom is -0.324 e. The maximum Gasteiger partial charge on any atom is 0.416 e. The second-order valence-corrected chi connectivity index (χ2v) is 12.5. The van der Waals surface area contributed by atoms with Crippen LogP contribution < -0.4 is 16.2 Å². The third kappa shape index (κ3) is 7.89. The van der Waals surface area contributed by atoms with E-state index in [0.29, 0.717) is 29.7 Å². The third-order valence-corrected chi connectivity index (χ3v) is 8.86. The Hall–Kier alpha value is -5.28. The smallest absolute Gasteiger partial charge is 0.324 e. The van der Waals surface area contributed by atoms with E-state index in [1.807, 2.05) is 11.9 Å². The van der Waals surface area contributed by atoms with Gasteiger partial charge in [0.1, 0.15) is 5.52 Å². The number of pyridine rings is 1. The Bertz CT molecular complexity index is 2170. The number of hydrogen-bond acceptors (Lipinski definition) is 7. The van der Waals surface area contributed by atoms with Gasteiger partial charge in [-0.25, -0.2) is 9.97 Å². The van der Waals surface area contributed by atoms with Crippen molar-refractivity contribution in [2.75, 3.05) is 43.9 Å². The molecule has 1 fully saturated rings. The van der Waals surface area contributed by atoms with Gasteiger partial charge in [-0.15, -0.1) is 0 Å². The fourth-order valence-corrected chi connectivity index (χ4v) is 5.95. The van der Waals surface area contributed by atoms with E-state index in [0.717, 1.165) is 42.9 Å². The number of hydrogen-bond donors (Lipinski definition) is 2. The van der Waals surface area contributed by atoms with E-state index >= 15 is 0 Å². The molecule has 0 bridgehead atoms. The summed E-state index contributed by atoms with van der Waals surface area (Å²) in [6.45, 7) is 4.84. The maximum atomic E-state index is 14.1. The summed E-state index contributed by atoms with van der Waals surface area (Å²) in [5.74, 6) is -0.813. The number of aryl methyl sites for hydroxylation is 1. The second-order valence-electron chi connectivity index (χ2n) is 12.5. The summed E-state index contributed by atoms with van der Waals surface area (Å²) in [6, 6.07) is 14.6. The highest BCUT2D eigenvalue weighted by atomic mass is 19.4. The van der Waals surface area contributed by atoms with Gasteiger partial charge in [0.2, 0.25) is 5.95 Å². The van der Waals surface area contributed by atoms with Crippen molar-refractivity contribution in [3.63, 3.8) is 0 Å². The molecule has 266 valence electrons. The van der Waals surface area contributed by atoms with Crippen molar-refractivity contribution in [3.8, 4) is 11.3 Å². The van der Waals surface area contributed by atoms with Gasteiger partial charge in [-0.05, 0) is 73.6 Å². The number of halogens is 6. The zero-order valence-corrected chi connectivity index (χ0v) is 27.8. The molecule has 1 amide bonds. The van der Waals surface area contributed by atoms with Crippen molar-refractivity contribution in [1.29, 1.82) is 0 Å². The quantitative estimate of drug-likeness (QED) is 0.175. The Kier molecular flexibility index (Phi) is 9.61. The molecule has 0 unspecified atom stereocenters. The SMILES string of the molecule is Cc1ccc(NC(=O)c2cccc(C(F)(F)F)c2)cc1-c1cc2cnc(Nc3ccc(CN4CCN(C)CC4)c(C(F)(F)F)c3)nc2c(=O)n1C. The highest BCUT2D eigenvalue weighted by Crippen LogP contribution is 2.35. The lowest BCUT2D eigenvalue weighted by Crippen LogP contribution is -2.44. The zero-order chi connectivity index (χ0) is 36.7. The molecule has 1 aliphatic heterocycles. The van der Waals surface area contributed by atoms with E-state index in [-0.39, 0.29) is 40.5 Å². The van der Waals surface area contributed by atoms with Gasteiger partial charge in [0.25, 0.3) is 11.5 Å². The molecule has 2 N–H and O–H groups in total. The molecular formula is C36H33F6N7O2. The molecule has 51 heavy (non-hydrogen) atoms. The van der Waals surface area contributed by atoms with Crippen molar-refractivity contribution < 1.29 is 31.1 Å². The number of rotatable bonds is 7. The number of amides is 1. The topological polar surface area (TPSA) is 95.4 Å². The Morgan fingerprint density at radius 2 is 1.59 bits per heavy atom. The fraction of sp³-hybridized carbons (Fsp3) is 0.278. The Balaban J connectivity index is 1.25. The summed E-state index contributed by atoms with van der Waals surface area (Å²) in [5, 5.41) is 5.77. The molecule has 0 radical (unpaired) electrons. The van der Waals surface area contributed by atoms with E-state index in [2.05, 4.69) is 25.5 Å². The van der Waals surface area contributed by atoms with Crippen LogP contribution in [-0.4, -0.2) is 63.5 Å². The van der Waals surface area contributed by atoms with Crippen LogP contribution >= 0.6 is 0 Å². The van der Waals surface area contributed by atoms with E-state index in [1.165, 1.54) is 36.0 Å². The van der Waals surface area contributed by atoms with E-state index < -0.39 is 34.9 Å². The second kappa shape index (κ2) is 13.8. The van der Waals surface area contributed by atoms with Crippen LogP contribution in [0, 0.1) is 6.92 Å². The van der Waals surface area contributed by atoms with Crippen LogP contribution in [0.3, 0.4) is 0 Å². The average Bonchev–Trinajstić information content (AvgIpc) is 3.08. The van der Waals surface area contributed by atoms with Gasteiger partial charge in [-0.3, -0.25) is 14.5 Å². The number of likely N-dealkylation sites (N-methyl/N-ethyl adjacent to an activating group) is 1. The van der Waals surface area contributed by atoms with Gasteiger partial charge in [0, 0.05) is 73.9 Å². The molecule has 0 atom stereocenters. The van der Waals surface area contributed by atoms with Gasteiger partial charge in [-0.1, -0.05) is 18.2 Å². The first kappa shape index (κ1) is 35.5. The highest BCUT2D eigenvalue weighted by Gasteiger charge is 2.34. The van der Waals surface area contributed by atoms with Crippen LogP contribution in [0.5, 0.6) is 0 Å². The molecule has 6 rings (SSSR count). The standard InChI is InChI=1S/C36H33F6N7O2/c1-21-7-9-26(44-32(50)22-5-4-6-25(15-22)35(37,38)39)17-28(21)30-16-24-19-43-34(46-31(24)33(51)48(30)3)45-27-10-8-23(29(18-27)36(40,41)42)20-49-13-11-47(2)12-14-49/h4-10,15-19H,11-14,20H2,1-3H3,(H,44,50)(H,43,45,46). The van der Waals surface area contributed by atoms with Crippen molar-refractivity contribution >= 4 is 34.1 Å². The van der Waals surface area contributed by atoms with Crippen LogP contribution in [0.2, 0.25) is 0 Å². The molecule has 5 aromatic rings. The normalized spacial score (nSPS) is 14.5. The van der Waals surface area contributed by atoms with Gasteiger partial charge >= 0.3 is 12.4 Å². The molecule has 0 aliphatic carbocycles. The van der Waals surface area contributed by atoms with Crippen molar-refractivity contribution in [2.24, 2.45) is 7.05 Å². The number of aromatic nitrogens is 3. The number of fused-ring (bicyclic) bond motifs is 1. The molecule has 3 heterocycles. The summed E-state index contributed by atoms with van der Waals surface area (Å²) in [4.78, 5) is 39.1. The van der Waals surface area contributed by atoms with Crippen LogP contribution in [0.25, 0.3) is 22.2 Å². The number of carbonyl (C=O) groups excluding carboxylic acids is 1. The maximum absolute atomic E-state index is 14.1. The molecule has 2 aromatic heterocycles. The Morgan fingerprint density at radius 1 is 0.863 bits per heavy atom. The number of anilines is 3. The number of benzene rings is 3. The summed E-state index contributed by atoms with van der Waals surface area (Å²) in [7, 11) is 3.50. The first-order valence-electron chi connectivity index (χ1n) is 15.9. The van der Waals surface area contributed by atoms with Crippen LogP contribution in [0.4, 0.5) is 43.7 Å². The summed E-state index contributed by atoms with van der Waals surface area (Å²) in [5.41, 5.74) is -0.105. The monoisotopic (exact) mass is 709 g/mol. The highest BCUT2D eigenvalue weighted by molar-refractivity contribution is 6.04. The Labute approximate surface area is 288 Å². The molecule has 3 aromatic carbocycles. The predicted molar refractivity (Wildman–Crippen MR) is 182 cm³/mol. The molecular weight excluding hydrogens is 676 g/mol. The lowest BCUT2D eigenvalue weighted by molar-refractivity contribution is -0.139. The first-order valence-corrected chi connectivity index (χ1v) is 15.9. The van der Waals surface area contributed by atoms with Crippen molar-refractivity contribution in [2.45, 2.75) is 25.8 Å². The van der Waals surface area contributed by atoms with Gasteiger partial charge in [0.15, 0.2) is 0 Å². The van der Waals surface area contributed by atoms with Crippen molar-refractivity contribution in [1.82, 2.24) is 24.3 Å². The molecule has 9 nitrogen and oxygen atoms in total. The summed E-state index contributed by atoms with van der Waals surface area (Å²) < 4.78 is 83.2. The first-order chi connectivity index (χ1) is 24.1. The van der Waals surface area contributed by atoms with Gasteiger partial charge < -0.3 is 20.1 Å².